The van der Waals surface area contributed by atoms with Crippen molar-refractivity contribution < 1.29 is 14.3 Å². The number of nitrogens with zero attached hydrogens (tertiary/aromatic N) is 1. The second-order valence-corrected chi connectivity index (χ2v) is 2.89. The Morgan fingerprint density at radius 1 is 1.64 bits per heavy atom. The van der Waals surface area contributed by atoms with Crippen LogP contribution in [-0.4, -0.2) is 11.1 Å². The Morgan fingerprint density at radius 3 is 2.79 bits per heavy atom. The van der Waals surface area contributed by atoms with Crippen molar-refractivity contribution >= 4 is 5.97 Å². The molecule has 0 saturated heterocycles. The number of carbonyl (C=O) groups is 1. The zero-order valence-corrected chi connectivity index (χ0v) is 7.49. The van der Waals surface area contributed by atoms with Crippen LogP contribution in [0.3, 0.4) is 0 Å². The van der Waals surface area contributed by atoms with Crippen molar-refractivity contribution in [3.63, 3.8) is 0 Å². The van der Waals surface area contributed by atoms with Crippen molar-refractivity contribution in [1.29, 1.82) is 5.26 Å². The molecule has 0 saturated carbocycles. The van der Waals surface area contributed by atoms with Crippen LogP contribution in [-0.2, 0) is 4.79 Å². The van der Waals surface area contributed by atoms with Gasteiger partial charge in [-0.25, -0.2) is 9.18 Å². The summed E-state index contributed by atoms with van der Waals surface area (Å²) >= 11 is 0. The van der Waals surface area contributed by atoms with E-state index in [-0.39, 0.29) is 5.56 Å². The topological polar surface area (TPSA) is 61.1 Å². The number of benzene rings is 1. The molecule has 14 heavy (non-hydrogen) atoms. The average Bonchev–Trinajstić information content (AvgIpc) is 2.17. The lowest BCUT2D eigenvalue weighted by atomic mass is 10.0. The van der Waals surface area contributed by atoms with Crippen LogP contribution < -0.4 is 0 Å². The van der Waals surface area contributed by atoms with E-state index in [4.69, 9.17) is 10.4 Å². The molecule has 1 aromatic rings. The summed E-state index contributed by atoms with van der Waals surface area (Å²) in [5.74, 6) is -1.54. The van der Waals surface area contributed by atoms with Gasteiger partial charge in [0, 0.05) is 0 Å². The Kier molecular flexibility index (Phi) is 2.82. The molecule has 0 aromatic heterocycles. The molecule has 72 valence electrons. The molecule has 0 amide bonds. The number of hydrogen-bond donors (Lipinski definition) is 1. The van der Waals surface area contributed by atoms with Crippen LogP contribution in [0.1, 0.15) is 22.9 Å². The van der Waals surface area contributed by atoms with E-state index in [1.807, 2.05) is 6.07 Å². The molecule has 1 atom stereocenters. The van der Waals surface area contributed by atoms with Crippen molar-refractivity contribution in [2.75, 3.05) is 0 Å². The first-order chi connectivity index (χ1) is 6.56. The normalized spacial score (nSPS) is 11.8. The maximum Gasteiger partial charge on any atom is 0.343 e. The quantitative estimate of drug-likeness (QED) is 0.780. The third kappa shape index (κ3) is 1.88. The summed E-state index contributed by atoms with van der Waals surface area (Å²) < 4.78 is 13.0. The van der Waals surface area contributed by atoms with Gasteiger partial charge in [0.05, 0.1) is 11.6 Å². The van der Waals surface area contributed by atoms with E-state index in [9.17, 15) is 9.18 Å². The summed E-state index contributed by atoms with van der Waals surface area (Å²) in [7, 11) is 0. The Labute approximate surface area is 80.4 Å². The predicted molar refractivity (Wildman–Crippen MR) is 47.4 cm³/mol. The minimum Gasteiger partial charge on any atom is -0.479 e. The standard InChI is InChI=1S/C10H8FNO2/c1-6-2-3-7(4-8(6)5-12)9(11)10(13)14/h2-4,9H,1H3,(H,13,14). The fourth-order valence-electron chi connectivity index (χ4n) is 1.06. The summed E-state index contributed by atoms with van der Waals surface area (Å²) in [4.78, 5) is 10.3. The zero-order chi connectivity index (χ0) is 10.7. The highest BCUT2D eigenvalue weighted by atomic mass is 19.1. The van der Waals surface area contributed by atoms with Gasteiger partial charge in [0.1, 0.15) is 0 Å². The second-order valence-electron chi connectivity index (χ2n) is 2.89. The maximum absolute atomic E-state index is 13.0. The minimum absolute atomic E-state index is 0.000324. The fraction of sp³-hybridized carbons (Fsp3) is 0.200. The number of aryl methyl sites for hydroxylation is 1. The van der Waals surface area contributed by atoms with Crippen LogP contribution in [0.4, 0.5) is 4.39 Å². The lowest BCUT2D eigenvalue weighted by molar-refractivity contribution is -0.143. The average molecular weight is 193 g/mol. The smallest absolute Gasteiger partial charge is 0.343 e. The fourth-order valence-corrected chi connectivity index (χ4v) is 1.06. The van der Waals surface area contributed by atoms with Gasteiger partial charge in [0.15, 0.2) is 0 Å². The van der Waals surface area contributed by atoms with Crippen molar-refractivity contribution in [2.45, 2.75) is 13.1 Å². The number of nitriles is 1. The van der Waals surface area contributed by atoms with Crippen molar-refractivity contribution in [3.8, 4) is 6.07 Å². The molecular formula is C10H8FNO2. The van der Waals surface area contributed by atoms with Gasteiger partial charge in [-0.15, -0.1) is 0 Å². The number of carboxylic acid groups (broad SMARTS) is 1. The first kappa shape index (κ1) is 10.2. The van der Waals surface area contributed by atoms with Crippen LogP contribution >= 0.6 is 0 Å². The van der Waals surface area contributed by atoms with Gasteiger partial charge in [-0.05, 0) is 24.1 Å². The van der Waals surface area contributed by atoms with Crippen LogP contribution in [0.2, 0.25) is 0 Å². The number of alkyl halides is 1. The summed E-state index contributed by atoms with van der Waals surface area (Å²) in [6.07, 6.45) is -2.07. The van der Waals surface area contributed by atoms with Crippen LogP contribution in [0.5, 0.6) is 0 Å². The molecule has 3 nitrogen and oxygen atoms in total. The summed E-state index contributed by atoms with van der Waals surface area (Å²) in [6, 6.07) is 6.03. The molecule has 0 aliphatic rings. The number of rotatable bonds is 2. The summed E-state index contributed by atoms with van der Waals surface area (Å²) in [6.45, 7) is 1.70. The van der Waals surface area contributed by atoms with E-state index in [1.165, 1.54) is 18.2 Å². The molecule has 0 aliphatic carbocycles. The van der Waals surface area contributed by atoms with Gasteiger partial charge in [-0.1, -0.05) is 12.1 Å². The monoisotopic (exact) mass is 193 g/mol. The number of carboxylic acids is 1. The molecular weight excluding hydrogens is 185 g/mol. The molecule has 0 radical (unpaired) electrons. The molecule has 1 N–H and O–H groups in total. The van der Waals surface area contributed by atoms with Gasteiger partial charge in [0.2, 0.25) is 6.17 Å². The Hall–Kier alpha value is -1.89. The minimum atomic E-state index is -2.07. The van der Waals surface area contributed by atoms with Gasteiger partial charge in [-0.2, -0.15) is 5.26 Å². The van der Waals surface area contributed by atoms with E-state index >= 15 is 0 Å². The maximum atomic E-state index is 13.0. The zero-order valence-electron chi connectivity index (χ0n) is 7.49. The lowest BCUT2D eigenvalue weighted by Crippen LogP contribution is -2.06. The third-order valence-electron chi connectivity index (χ3n) is 1.89. The second kappa shape index (κ2) is 3.88. The van der Waals surface area contributed by atoms with E-state index in [0.29, 0.717) is 11.1 Å². The number of aliphatic carboxylic acids is 1. The summed E-state index contributed by atoms with van der Waals surface area (Å²) in [5, 5.41) is 17.1. The Balaban J connectivity index is 3.14. The van der Waals surface area contributed by atoms with Gasteiger partial charge >= 0.3 is 5.97 Å². The van der Waals surface area contributed by atoms with Gasteiger partial charge in [-0.3, -0.25) is 0 Å². The molecule has 0 bridgehead atoms. The number of hydrogen-bond acceptors (Lipinski definition) is 2. The van der Waals surface area contributed by atoms with Crippen LogP contribution in [0.15, 0.2) is 18.2 Å². The largest absolute Gasteiger partial charge is 0.479 e. The SMILES string of the molecule is Cc1ccc(C(F)C(=O)O)cc1C#N. The Morgan fingerprint density at radius 2 is 2.29 bits per heavy atom. The molecule has 1 aromatic carbocycles. The number of halogens is 1. The Bertz CT molecular complexity index is 409. The highest BCUT2D eigenvalue weighted by molar-refractivity contribution is 5.74. The molecule has 0 spiro atoms. The first-order valence-corrected chi connectivity index (χ1v) is 3.93. The molecule has 4 heteroatoms. The highest BCUT2D eigenvalue weighted by Gasteiger charge is 2.18. The van der Waals surface area contributed by atoms with Crippen molar-refractivity contribution in [2.24, 2.45) is 0 Å². The van der Waals surface area contributed by atoms with E-state index in [1.54, 1.807) is 6.92 Å². The highest BCUT2D eigenvalue weighted by Crippen LogP contribution is 2.20. The van der Waals surface area contributed by atoms with E-state index < -0.39 is 12.1 Å². The molecule has 0 fully saturated rings. The van der Waals surface area contributed by atoms with E-state index in [0.717, 1.165) is 0 Å². The third-order valence-corrected chi connectivity index (χ3v) is 1.89. The lowest BCUT2D eigenvalue weighted by Gasteiger charge is -2.04. The van der Waals surface area contributed by atoms with Crippen molar-refractivity contribution in [1.82, 2.24) is 0 Å². The van der Waals surface area contributed by atoms with Gasteiger partial charge in [0.25, 0.3) is 0 Å². The van der Waals surface area contributed by atoms with E-state index in [2.05, 4.69) is 0 Å². The first-order valence-electron chi connectivity index (χ1n) is 3.93. The van der Waals surface area contributed by atoms with Gasteiger partial charge < -0.3 is 5.11 Å². The van der Waals surface area contributed by atoms with Crippen LogP contribution in [0, 0.1) is 18.3 Å². The summed E-state index contributed by atoms with van der Waals surface area (Å²) in [5.41, 5.74) is 1.000. The predicted octanol–water partition coefficient (Wildman–Crippen LogP) is 1.96. The van der Waals surface area contributed by atoms with Crippen molar-refractivity contribution in [3.05, 3.63) is 34.9 Å². The molecule has 0 aliphatic heterocycles. The molecule has 1 unspecified atom stereocenters. The molecule has 0 heterocycles. The molecule has 1 rings (SSSR count). The van der Waals surface area contributed by atoms with Crippen LogP contribution in [0.25, 0.3) is 0 Å².